The van der Waals surface area contributed by atoms with E-state index in [0.29, 0.717) is 0 Å². The molecule has 0 fully saturated rings. The maximum absolute atomic E-state index is 12.8. The molecule has 2 amide bonds. The number of amides is 2. The summed E-state index contributed by atoms with van der Waals surface area (Å²) in [5, 5.41) is 12.2. The standard InChI is InChI=1S/C24H28N2O6/c1-24(2,3)21(22(29)26(4)32-14-20(27)28)25-23(30)31-13-19-17-11-7-5-9-15(17)16-10-6-8-12-18(16)19/h5-12,19,21H,13-14H2,1-4H3,(H,25,30)(H,27,28)/t21-/m0/s1. The lowest BCUT2D eigenvalue weighted by Crippen LogP contribution is -2.54. The highest BCUT2D eigenvalue weighted by Gasteiger charge is 2.36. The van der Waals surface area contributed by atoms with Gasteiger partial charge in [-0.2, -0.15) is 0 Å². The number of rotatable bonds is 7. The first kappa shape index (κ1) is 23.3. The molecule has 0 saturated carbocycles. The molecule has 0 radical (unpaired) electrons. The van der Waals surface area contributed by atoms with Crippen LogP contribution in [0.25, 0.3) is 11.1 Å². The Labute approximate surface area is 187 Å². The number of hydrogen-bond donors (Lipinski definition) is 2. The van der Waals surface area contributed by atoms with E-state index in [2.05, 4.69) is 17.4 Å². The number of ether oxygens (including phenoxy) is 1. The number of carboxylic acids is 1. The van der Waals surface area contributed by atoms with E-state index >= 15 is 0 Å². The molecule has 8 nitrogen and oxygen atoms in total. The molecule has 0 unspecified atom stereocenters. The summed E-state index contributed by atoms with van der Waals surface area (Å²) < 4.78 is 5.54. The number of carbonyl (C=O) groups is 3. The van der Waals surface area contributed by atoms with Crippen molar-refractivity contribution in [2.75, 3.05) is 20.3 Å². The van der Waals surface area contributed by atoms with Crippen molar-refractivity contribution < 1.29 is 29.1 Å². The molecule has 170 valence electrons. The number of hydroxylamine groups is 2. The summed E-state index contributed by atoms with van der Waals surface area (Å²) in [4.78, 5) is 41.0. The molecule has 8 heteroatoms. The molecule has 0 saturated heterocycles. The van der Waals surface area contributed by atoms with Gasteiger partial charge >= 0.3 is 12.1 Å². The average Bonchev–Trinajstić information content (AvgIpc) is 3.07. The van der Waals surface area contributed by atoms with Crippen LogP contribution in [0.1, 0.15) is 37.8 Å². The smallest absolute Gasteiger partial charge is 0.407 e. The van der Waals surface area contributed by atoms with Crippen molar-refractivity contribution in [2.45, 2.75) is 32.7 Å². The number of aliphatic carboxylic acids is 1. The largest absolute Gasteiger partial charge is 0.479 e. The van der Waals surface area contributed by atoms with Gasteiger partial charge in [-0.05, 0) is 27.7 Å². The third-order valence-corrected chi connectivity index (χ3v) is 5.41. The van der Waals surface area contributed by atoms with Gasteiger partial charge in [0.1, 0.15) is 12.6 Å². The number of likely N-dealkylation sites (N-methyl/N-ethyl adjacent to an activating group) is 1. The molecule has 2 aromatic rings. The summed E-state index contributed by atoms with van der Waals surface area (Å²) in [5.41, 5.74) is 3.76. The Bertz CT molecular complexity index is 968. The number of alkyl carbamates (subject to hydrolysis) is 1. The number of hydrogen-bond acceptors (Lipinski definition) is 5. The highest BCUT2D eigenvalue weighted by Crippen LogP contribution is 2.44. The van der Waals surface area contributed by atoms with Gasteiger partial charge in [-0.15, -0.1) is 0 Å². The highest BCUT2D eigenvalue weighted by molar-refractivity contribution is 5.86. The van der Waals surface area contributed by atoms with E-state index in [0.717, 1.165) is 27.3 Å². The number of carbonyl (C=O) groups excluding carboxylic acids is 2. The number of nitrogens with zero attached hydrogens (tertiary/aromatic N) is 1. The second kappa shape index (κ2) is 9.40. The predicted octanol–water partition coefficient (Wildman–Crippen LogP) is 3.41. The van der Waals surface area contributed by atoms with E-state index in [1.54, 1.807) is 20.8 Å². The lowest BCUT2D eigenvalue weighted by Gasteiger charge is -2.32. The van der Waals surface area contributed by atoms with Gasteiger partial charge in [0.15, 0.2) is 6.61 Å². The Balaban J connectivity index is 1.68. The van der Waals surface area contributed by atoms with Crippen LogP contribution in [-0.4, -0.2) is 54.4 Å². The van der Waals surface area contributed by atoms with Crippen LogP contribution in [0.5, 0.6) is 0 Å². The zero-order valence-electron chi connectivity index (χ0n) is 18.6. The normalized spacial score (nSPS) is 13.6. The number of fused-ring (bicyclic) bond motifs is 3. The zero-order valence-corrected chi connectivity index (χ0v) is 18.6. The van der Waals surface area contributed by atoms with Crippen molar-refractivity contribution in [3.8, 4) is 11.1 Å². The van der Waals surface area contributed by atoms with Gasteiger partial charge in [-0.1, -0.05) is 69.3 Å². The molecule has 0 bridgehead atoms. The Morgan fingerprint density at radius 3 is 2.06 bits per heavy atom. The van der Waals surface area contributed by atoms with Gasteiger partial charge in [-0.25, -0.2) is 14.7 Å². The van der Waals surface area contributed by atoms with E-state index in [9.17, 15) is 14.4 Å². The maximum Gasteiger partial charge on any atom is 0.407 e. The second-order valence-electron chi connectivity index (χ2n) is 8.77. The minimum atomic E-state index is -1.21. The molecule has 0 aliphatic heterocycles. The third-order valence-electron chi connectivity index (χ3n) is 5.41. The lowest BCUT2D eigenvalue weighted by molar-refractivity contribution is -0.189. The minimum absolute atomic E-state index is 0.0986. The van der Waals surface area contributed by atoms with Crippen molar-refractivity contribution in [1.82, 2.24) is 10.4 Å². The van der Waals surface area contributed by atoms with Crippen LogP contribution in [0, 0.1) is 5.41 Å². The maximum atomic E-state index is 12.8. The molecule has 0 aromatic heterocycles. The van der Waals surface area contributed by atoms with Crippen LogP contribution in [0.3, 0.4) is 0 Å². The molecular weight excluding hydrogens is 412 g/mol. The predicted molar refractivity (Wildman–Crippen MR) is 118 cm³/mol. The number of benzene rings is 2. The van der Waals surface area contributed by atoms with Crippen molar-refractivity contribution in [3.05, 3.63) is 59.7 Å². The van der Waals surface area contributed by atoms with Crippen molar-refractivity contribution >= 4 is 18.0 Å². The van der Waals surface area contributed by atoms with Gasteiger partial charge in [-0.3, -0.25) is 9.63 Å². The average molecular weight is 440 g/mol. The summed E-state index contributed by atoms with van der Waals surface area (Å²) in [6.45, 7) is 4.80. The summed E-state index contributed by atoms with van der Waals surface area (Å²) in [7, 11) is 1.31. The second-order valence-corrected chi connectivity index (χ2v) is 8.77. The van der Waals surface area contributed by atoms with Gasteiger partial charge in [0.2, 0.25) is 0 Å². The summed E-state index contributed by atoms with van der Waals surface area (Å²) in [6, 6.07) is 15.1. The molecule has 32 heavy (non-hydrogen) atoms. The molecule has 0 heterocycles. The summed E-state index contributed by atoms with van der Waals surface area (Å²) in [5.74, 6) is -1.88. The van der Waals surface area contributed by atoms with E-state index in [1.165, 1.54) is 7.05 Å². The van der Waals surface area contributed by atoms with Gasteiger partial charge in [0, 0.05) is 13.0 Å². The molecule has 1 aliphatic carbocycles. The quantitative estimate of drug-likeness (QED) is 0.640. The van der Waals surface area contributed by atoms with Crippen LogP contribution in [0.2, 0.25) is 0 Å². The summed E-state index contributed by atoms with van der Waals surface area (Å²) >= 11 is 0. The fourth-order valence-corrected chi connectivity index (χ4v) is 3.80. The van der Waals surface area contributed by atoms with Gasteiger partial charge in [0.05, 0.1) is 0 Å². The van der Waals surface area contributed by atoms with Gasteiger partial charge in [0.25, 0.3) is 5.91 Å². The van der Waals surface area contributed by atoms with Crippen molar-refractivity contribution in [2.24, 2.45) is 5.41 Å². The fraction of sp³-hybridized carbons (Fsp3) is 0.375. The zero-order chi connectivity index (χ0) is 23.5. The highest BCUT2D eigenvalue weighted by atomic mass is 16.7. The SMILES string of the molecule is CN(OCC(=O)O)C(=O)[C@H](NC(=O)OCC1c2ccccc2-c2ccccc21)C(C)(C)C. The molecule has 0 spiro atoms. The molecule has 1 aliphatic rings. The molecule has 1 atom stereocenters. The van der Waals surface area contributed by atoms with Crippen LogP contribution < -0.4 is 5.32 Å². The van der Waals surface area contributed by atoms with Gasteiger partial charge < -0.3 is 15.2 Å². The Morgan fingerprint density at radius 1 is 1.03 bits per heavy atom. The van der Waals surface area contributed by atoms with Crippen molar-refractivity contribution in [1.29, 1.82) is 0 Å². The Hall–Kier alpha value is -3.39. The van der Waals surface area contributed by atoms with Crippen LogP contribution >= 0.6 is 0 Å². The molecule has 3 rings (SSSR count). The van der Waals surface area contributed by atoms with Crippen LogP contribution in [-0.2, 0) is 19.2 Å². The fourth-order valence-electron chi connectivity index (χ4n) is 3.80. The minimum Gasteiger partial charge on any atom is -0.479 e. The van der Waals surface area contributed by atoms with E-state index in [1.807, 2.05) is 36.4 Å². The Kier molecular flexibility index (Phi) is 6.84. The van der Waals surface area contributed by atoms with E-state index in [4.69, 9.17) is 14.7 Å². The monoisotopic (exact) mass is 440 g/mol. The first-order chi connectivity index (χ1) is 15.1. The first-order valence-electron chi connectivity index (χ1n) is 10.3. The molecular formula is C24H28N2O6. The van der Waals surface area contributed by atoms with Crippen LogP contribution in [0.4, 0.5) is 4.79 Å². The Morgan fingerprint density at radius 2 is 1.56 bits per heavy atom. The van der Waals surface area contributed by atoms with E-state index in [-0.39, 0.29) is 12.5 Å². The topological polar surface area (TPSA) is 105 Å². The number of nitrogens with one attached hydrogen (secondary N) is 1. The number of carboxylic acid groups (broad SMARTS) is 1. The first-order valence-corrected chi connectivity index (χ1v) is 10.3. The third kappa shape index (κ3) is 5.08. The molecule has 2 aromatic carbocycles. The van der Waals surface area contributed by atoms with Crippen LogP contribution in [0.15, 0.2) is 48.5 Å². The van der Waals surface area contributed by atoms with Crippen molar-refractivity contribution in [3.63, 3.8) is 0 Å². The summed E-state index contributed by atoms with van der Waals surface area (Å²) in [6.07, 6.45) is -0.730. The molecule has 2 N–H and O–H groups in total. The van der Waals surface area contributed by atoms with E-state index < -0.39 is 36.0 Å². The lowest BCUT2D eigenvalue weighted by atomic mass is 9.86.